The van der Waals surface area contributed by atoms with Gasteiger partial charge in [-0.15, -0.1) is 0 Å². The molecule has 1 unspecified atom stereocenters. The largest absolute Gasteiger partial charge is 0.333 e. The highest BCUT2D eigenvalue weighted by molar-refractivity contribution is 5.52. The van der Waals surface area contributed by atoms with Crippen LogP contribution in [-0.4, -0.2) is 30.9 Å². The lowest BCUT2D eigenvalue weighted by molar-refractivity contribution is -0.125. The Morgan fingerprint density at radius 3 is 2.78 bits per heavy atom. The van der Waals surface area contributed by atoms with Crippen molar-refractivity contribution in [2.24, 2.45) is 0 Å². The van der Waals surface area contributed by atoms with E-state index in [1.54, 1.807) is 0 Å². The van der Waals surface area contributed by atoms with E-state index in [0.29, 0.717) is 5.92 Å². The fourth-order valence-electron chi connectivity index (χ4n) is 2.79. The fraction of sp³-hybridized carbons (Fsp3) is 0.533. The average Bonchev–Trinajstić information content (AvgIpc) is 2.39. The summed E-state index contributed by atoms with van der Waals surface area (Å²) in [5, 5.41) is 3.40. The summed E-state index contributed by atoms with van der Waals surface area (Å²) in [6.45, 7) is 9.00. The van der Waals surface area contributed by atoms with E-state index in [4.69, 9.17) is 0 Å². The second-order valence-electron chi connectivity index (χ2n) is 5.49. The van der Waals surface area contributed by atoms with Crippen LogP contribution in [0.4, 0.5) is 0 Å². The van der Waals surface area contributed by atoms with Gasteiger partial charge in [0, 0.05) is 19.6 Å². The molecular weight excluding hydrogens is 224 g/mol. The van der Waals surface area contributed by atoms with Crippen molar-refractivity contribution in [2.75, 3.05) is 19.6 Å². The van der Waals surface area contributed by atoms with Crippen LogP contribution >= 0.6 is 0 Å². The highest BCUT2D eigenvalue weighted by Crippen LogP contribution is 2.33. The zero-order valence-corrected chi connectivity index (χ0v) is 11.4. The zero-order valence-electron chi connectivity index (χ0n) is 11.4. The molecule has 18 heavy (non-hydrogen) atoms. The van der Waals surface area contributed by atoms with Crippen LogP contribution in [0, 0.1) is 0 Å². The number of amides is 1. The predicted octanol–water partition coefficient (Wildman–Crippen LogP) is 2.09. The van der Waals surface area contributed by atoms with Gasteiger partial charge in [-0.05, 0) is 24.0 Å². The van der Waals surface area contributed by atoms with Gasteiger partial charge in [0.15, 0.2) is 0 Å². The third kappa shape index (κ3) is 2.15. The predicted molar refractivity (Wildman–Crippen MR) is 73.5 cm³/mol. The lowest BCUT2D eigenvalue weighted by Crippen LogP contribution is -2.57. The van der Waals surface area contributed by atoms with Gasteiger partial charge in [0.1, 0.15) is 0 Å². The van der Waals surface area contributed by atoms with Crippen molar-refractivity contribution in [2.45, 2.75) is 32.2 Å². The maximum absolute atomic E-state index is 11.3. The Hall–Kier alpha value is -1.35. The molecule has 3 heteroatoms. The molecule has 1 aromatic rings. The summed E-state index contributed by atoms with van der Waals surface area (Å²) in [5.74, 6) is 0.466. The molecular formula is C15H22N2O. The molecule has 0 spiro atoms. The number of benzene rings is 1. The maximum Gasteiger partial charge on any atom is 0.210 e. The molecule has 0 radical (unpaired) electrons. The van der Waals surface area contributed by atoms with Crippen molar-refractivity contribution < 1.29 is 4.79 Å². The second kappa shape index (κ2) is 5.11. The fourth-order valence-corrected chi connectivity index (χ4v) is 2.79. The van der Waals surface area contributed by atoms with E-state index in [1.807, 2.05) is 4.90 Å². The zero-order chi connectivity index (χ0) is 13.2. The maximum atomic E-state index is 11.3. The number of nitrogens with one attached hydrogen (secondary N) is 1. The van der Waals surface area contributed by atoms with Crippen molar-refractivity contribution in [1.82, 2.24) is 10.2 Å². The molecule has 0 saturated carbocycles. The van der Waals surface area contributed by atoms with Crippen molar-refractivity contribution in [3.05, 3.63) is 35.4 Å². The average molecular weight is 246 g/mol. The van der Waals surface area contributed by atoms with Gasteiger partial charge in [-0.3, -0.25) is 4.79 Å². The van der Waals surface area contributed by atoms with E-state index in [9.17, 15) is 4.79 Å². The first-order valence-electron chi connectivity index (χ1n) is 6.62. The molecule has 2 rings (SSSR count). The number of piperazine rings is 1. The van der Waals surface area contributed by atoms with Gasteiger partial charge in [0.25, 0.3) is 0 Å². The van der Waals surface area contributed by atoms with Crippen LogP contribution in [0.1, 0.15) is 37.8 Å². The van der Waals surface area contributed by atoms with E-state index < -0.39 is 0 Å². The van der Waals surface area contributed by atoms with Gasteiger partial charge in [-0.1, -0.05) is 38.1 Å². The molecule has 1 saturated heterocycles. The minimum atomic E-state index is -0.235. The van der Waals surface area contributed by atoms with Gasteiger partial charge in [-0.2, -0.15) is 0 Å². The first kappa shape index (κ1) is 13.1. The molecule has 1 heterocycles. The van der Waals surface area contributed by atoms with Crippen molar-refractivity contribution in [3.63, 3.8) is 0 Å². The van der Waals surface area contributed by atoms with E-state index >= 15 is 0 Å². The van der Waals surface area contributed by atoms with E-state index in [2.05, 4.69) is 50.4 Å². The minimum absolute atomic E-state index is 0.235. The number of rotatable bonds is 3. The topological polar surface area (TPSA) is 32.3 Å². The summed E-state index contributed by atoms with van der Waals surface area (Å²) in [5.41, 5.74) is 2.36. The van der Waals surface area contributed by atoms with Gasteiger partial charge < -0.3 is 10.2 Å². The highest BCUT2D eigenvalue weighted by Gasteiger charge is 2.36. The van der Waals surface area contributed by atoms with Gasteiger partial charge in [0.2, 0.25) is 6.41 Å². The molecule has 1 amide bonds. The molecule has 1 aliphatic heterocycles. The normalized spacial score (nSPS) is 24.3. The highest BCUT2D eigenvalue weighted by atomic mass is 16.1. The minimum Gasteiger partial charge on any atom is -0.333 e. The Balaban J connectivity index is 2.48. The van der Waals surface area contributed by atoms with Crippen LogP contribution in [0.3, 0.4) is 0 Å². The second-order valence-corrected chi connectivity index (χ2v) is 5.49. The van der Waals surface area contributed by atoms with Crippen LogP contribution in [0.25, 0.3) is 0 Å². The molecule has 0 aromatic heterocycles. The van der Waals surface area contributed by atoms with Crippen LogP contribution in [0.15, 0.2) is 24.3 Å². The number of nitrogens with zero attached hydrogens (tertiary/aromatic N) is 1. The standard InChI is InChI=1S/C15H22N2O/c1-12(2)13-6-4-5-7-14(13)15(3)10-16-8-9-17(15)11-18/h4-7,11-12,16H,8-10H2,1-3H3. The Labute approximate surface area is 109 Å². The Kier molecular flexibility index (Phi) is 3.71. The molecule has 1 N–H and O–H groups in total. The summed E-state index contributed by atoms with van der Waals surface area (Å²) in [6, 6.07) is 8.45. The van der Waals surface area contributed by atoms with E-state index in [-0.39, 0.29) is 5.54 Å². The third-order valence-corrected chi connectivity index (χ3v) is 3.92. The van der Waals surface area contributed by atoms with Gasteiger partial charge in [0.05, 0.1) is 5.54 Å². The smallest absolute Gasteiger partial charge is 0.210 e. The Morgan fingerprint density at radius 1 is 1.39 bits per heavy atom. The van der Waals surface area contributed by atoms with Crippen LogP contribution in [0.2, 0.25) is 0 Å². The summed E-state index contributed by atoms with van der Waals surface area (Å²) in [4.78, 5) is 13.2. The van der Waals surface area contributed by atoms with Crippen LogP contribution in [-0.2, 0) is 10.3 Å². The van der Waals surface area contributed by atoms with E-state index in [0.717, 1.165) is 26.0 Å². The van der Waals surface area contributed by atoms with Gasteiger partial charge >= 0.3 is 0 Å². The third-order valence-electron chi connectivity index (χ3n) is 3.92. The SMILES string of the molecule is CC(C)c1ccccc1C1(C)CNCCN1C=O. The molecule has 1 atom stereocenters. The van der Waals surface area contributed by atoms with Crippen LogP contribution in [0.5, 0.6) is 0 Å². The lowest BCUT2D eigenvalue weighted by Gasteiger charge is -2.44. The van der Waals surface area contributed by atoms with Crippen molar-refractivity contribution in [1.29, 1.82) is 0 Å². The molecule has 0 aliphatic carbocycles. The van der Waals surface area contributed by atoms with Gasteiger partial charge in [-0.25, -0.2) is 0 Å². The quantitative estimate of drug-likeness (QED) is 0.828. The number of hydrogen-bond acceptors (Lipinski definition) is 2. The molecule has 1 aliphatic rings. The number of carbonyl (C=O) groups excluding carboxylic acids is 1. The Bertz CT molecular complexity index is 430. The summed E-state index contributed by atoms with van der Waals surface area (Å²) in [6.07, 6.45) is 0.984. The Morgan fingerprint density at radius 2 is 2.11 bits per heavy atom. The monoisotopic (exact) mass is 246 g/mol. The van der Waals surface area contributed by atoms with Crippen molar-refractivity contribution in [3.8, 4) is 0 Å². The molecule has 1 fully saturated rings. The summed E-state index contributed by atoms with van der Waals surface area (Å²) in [7, 11) is 0. The summed E-state index contributed by atoms with van der Waals surface area (Å²) >= 11 is 0. The van der Waals surface area contributed by atoms with E-state index in [1.165, 1.54) is 11.1 Å². The molecule has 3 nitrogen and oxygen atoms in total. The number of hydrogen-bond donors (Lipinski definition) is 1. The summed E-state index contributed by atoms with van der Waals surface area (Å²) < 4.78 is 0. The first-order chi connectivity index (χ1) is 8.59. The van der Waals surface area contributed by atoms with Crippen LogP contribution < -0.4 is 5.32 Å². The molecule has 0 bridgehead atoms. The van der Waals surface area contributed by atoms with Crippen molar-refractivity contribution >= 4 is 6.41 Å². The lowest BCUT2D eigenvalue weighted by atomic mass is 9.82. The number of carbonyl (C=O) groups is 1. The first-order valence-corrected chi connectivity index (χ1v) is 6.62. The molecule has 98 valence electrons. The molecule has 1 aromatic carbocycles.